The number of halogens is 3. The molecule has 114 valence electrons. The Labute approximate surface area is 119 Å². The molecular weight excluding hydrogens is 285 g/mol. The van der Waals surface area contributed by atoms with Crippen molar-refractivity contribution in [3.63, 3.8) is 0 Å². The predicted molar refractivity (Wildman–Crippen MR) is 68.0 cm³/mol. The van der Waals surface area contributed by atoms with E-state index in [9.17, 15) is 18.0 Å². The van der Waals surface area contributed by atoms with Crippen LogP contribution in [0.1, 0.15) is 23.2 Å². The highest BCUT2D eigenvalue weighted by molar-refractivity contribution is 5.95. The van der Waals surface area contributed by atoms with Crippen LogP contribution < -0.4 is 11.1 Å². The largest absolute Gasteiger partial charge is 0.376 e. The summed E-state index contributed by atoms with van der Waals surface area (Å²) < 4.78 is 45.5. The fourth-order valence-electron chi connectivity index (χ4n) is 3.11. The summed E-state index contributed by atoms with van der Waals surface area (Å²) in [6.45, 7) is 0.583. The Morgan fingerprint density at radius 3 is 2.62 bits per heavy atom. The fraction of sp³-hybridized carbons (Fsp3) is 0.500. The highest BCUT2D eigenvalue weighted by Crippen LogP contribution is 2.37. The number of rotatable bonds is 2. The Morgan fingerprint density at radius 1 is 1.29 bits per heavy atom. The van der Waals surface area contributed by atoms with Crippen molar-refractivity contribution in [1.29, 1.82) is 0 Å². The summed E-state index contributed by atoms with van der Waals surface area (Å²) in [5.74, 6) is -4.33. The van der Waals surface area contributed by atoms with E-state index in [1.807, 2.05) is 0 Å². The predicted octanol–water partition coefficient (Wildman–Crippen LogP) is 1.34. The Bertz CT molecular complexity index is 558. The van der Waals surface area contributed by atoms with E-state index in [0.717, 1.165) is 12.8 Å². The van der Waals surface area contributed by atoms with Crippen molar-refractivity contribution in [2.24, 2.45) is 11.7 Å². The van der Waals surface area contributed by atoms with E-state index in [4.69, 9.17) is 10.5 Å². The van der Waals surface area contributed by atoms with Crippen molar-refractivity contribution in [3.05, 3.63) is 35.1 Å². The molecule has 0 bridgehead atoms. The number of amides is 1. The van der Waals surface area contributed by atoms with Crippen molar-refractivity contribution in [1.82, 2.24) is 5.32 Å². The smallest absolute Gasteiger partial charge is 0.257 e. The molecule has 21 heavy (non-hydrogen) atoms. The first-order chi connectivity index (χ1) is 9.99. The Morgan fingerprint density at radius 2 is 1.95 bits per heavy atom. The maximum absolute atomic E-state index is 13.6. The van der Waals surface area contributed by atoms with Crippen molar-refractivity contribution >= 4 is 5.91 Å². The van der Waals surface area contributed by atoms with Crippen molar-refractivity contribution in [2.75, 3.05) is 6.61 Å². The summed E-state index contributed by atoms with van der Waals surface area (Å²) in [5, 5.41) is 2.49. The van der Waals surface area contributed by atoms with Crippen molar-refractivity contribution in [2.45, 2.75) is 31.0 Å². The molecular formula is C14H15F3N2O2. The number of fused-ring (bicyclic) bond motifs is 1. The van der Waals surface area contributed by atoms with E-state index in [1.165, 1.54) is 0 Å². The molecule has 4 nitrogen and oxygen atoms in total. The van der Waals surface area contributed by atoms with Gasteiger partial charge in [-0.2, -0.15) is 0 Å². The SMILES string of the molecule is NC1C2CCCOC2C1NC(=O)c1c(F)cc(F)cc1F. The van der Waals surface area contributed by atoms with Gasteiger partial charge in [-0.1, -0.05) is 0 Å². The zero-order valence-electron chi connectivity index (χ0n) is 11.1. The molecule has 1 saturated carbocycles. The number of hydrogen-bond donors (Lipinski definition) is 2. The second kappa shape index (κ2) is 5.31. The molecule has 0 radical (unpaired) electrons. The van der Waals surface area contributed by atoms with Gasteiger partial charge in [0, 0.05) is 30.7 Å². The summed E-state index contributed by atoms with van der Waals surface area (Å²) in [5.41, 5.74) is 5.16. The number of carbonyl (C=O) groups excluding carboxylic acids is 1. The van der Waals surface area contributed by atoms with E-state index in [-0.39, 0.29) is 18.1 Å². The summed E-state index contributed by atoms with van der Waals surface area (Å²) in [6.07, 6.45) is 1.61. The number of benzene rings is 1. The average Bonchev–Trinajstić information content (AvgIpc) is 2.43. The van der Waals surface area contributed by atoms with Gasteiger partial charge in [0.15, 0.2) is 0 Å². The second-order valence-electron chi connectivity index (χ2n) is 5.46. The van der Waals surface area contributed by atoms with Gasteiger partial charge in [-0.3, -0.25) is 4.79 Å². The molecule has 7 heteroatoms. The highest BCUT2D eigenvalue weighted by atomic mass is 19.1. The van der Waals surface area contributed by atoms with Gasteiger partial charge in [0.25, 0.3) is 5.91 Å². The highest BCUT2D eigenvalue weighted by Gasteiger charge is 2.51. The van der Waals surface area contributed by atoms with Crippen LogP contribution in [-0.4, -0.2) is 30.7 Å². The van der Waals surface area contributed by atoms with Crippen LogP contribution in [0.2, 0.25) is 0 Å². The first-order valence-corrected chi connectivity index (χ1v) is 6.81. The first-order valence-electron chi connectivity index (χ1n) is 6.81. The topological polar surface area (TPSA) is 64.3 Å². The Balaban J connectivity index is 1.75. The molecule has 1 aliphatic heterocycles. The molecule has 2 fully saturated rings. The molecule has 1 saturated heterocycles. The van der Waals surface area contributed by atoms with Crippen LogP contribution in [0.25, 0.3) is 0 Å². The second-order valence-corrected chi connectivity index (χ2v) is 5.46. The van der Waals surface area contributed by atoms with E-state index < -0.39 is 35.0 Å². The minimum atomic E-state index is -1.24. The Hall–Kier alpha value is -1.60. The van der Waals surface area contributed by atoms with Crippen LogP contribution in [0.5, 0.6) is 0 Å². The Kier molecular flexibility index (Phi) is 3.62. The molecule has 4 unspecified atom stereocenters. The maximum atomic E-state index is 13.6. The van der Waals surface area contributed by atoms with Crippen LogP contribution >= 0.6 is 0 Å². The summed E-state index contributed by atoms with van der Waals surface area (Å²) in [4.78, 5) is 12.0. The first kappa shape index (κ1) is 14.3. The lowest BCUT2D eigenvalue weighted by Gasteiger charge is -2.52. The van der Waals surface area contributed by atoms with Gasteiger partial charge in [-0.15, -0.1) is 0 Å². The zero-order chi connectivity index (χ0) is 15.1. The number of hydrogen-bond acceptors (Lipinski definition) is 3. The molecule has 3 N–H and O–H groups in total. The number of carbonyl (C=O) groups is 1. The molecule has 4 atom stereocenters. The zero-order valence-corrected chi connectivity index (χ0v) is 11.1. The van der Waals surface area contributed by atoms with Crippen LogP contribution in [-0.2, 0) is 4.74 Å². The molecule has 1 aromatic rings. The molecule has 0 spiro atoms. The molecule has 2 aliphatic rings. The molecule has 0 aromatic heterocycles. The maximum Gasteiger partial charge on any atom is 0.257 e. The molecule has 1 aromatic carbocycles. The molecule has 1 aliphatic carbocycles. The third-order valence-corrected chi connectivity index (χ3v) is 4.21. The average molecular weight is 300 g/mol. The van der Waals surface area contributed by atoms with Crippen molar-refractivity contribution < 1.29 is 22.7 Å². The molecule has 1 heterocycles. The molecule has 1 amide bonds. The minimum Gasteiger partial charge on any atom is -0.376 e. The normalized spacial score (nSPS) is 31.2. The summed E-state index contributed by atoms with van der Waals surface area (Å²) >= 11 is 0. The van der Waals surface area contributed by atoms with Crippen LogP contribution in [0, 0.1) is 23.4 Å². The minimum absolute atomic E-state index is 0.159. The monoisotopic (exact) mass is 300 g/mol. The number of nitrogens with one attached hydrogen (secondary N) is 1. The number of nitrogens with two attached hydrogens (primary N) is 1. The van der Waals surface area contributed by atoms with Gasteiger partial charge in [0.1, 0.15) is 23.0 Å². The van der Waals surface area contributed by atoms with Gasteiger partial charge in [-0.05, 0) is 12.8 Å². The third kappa shape index (κ3) is 2.40. The lowest BCUT2D eigenvalue weighted by atomic mass is 9.68. The van der Waals surface area contributed by atoms with Gasteiger partial charge >= 0.3 is 0 Å². The lowest BCUT2D eigenvalue weighted by molar-refractivity contribution is -0.117. The van der Waals surface area contributed by atoms with Gasteiger partial charge in [0.2, 0.25) is 0 Å². The van der Waals surface area contributed by atoms with E-state index >= 15 is 0 Å². The van der Waals surface area contributed by atoms with Crippen LogP contribution in [0.3, 0.4) is 0 Å². The van der Waals surface area contributed by atoms with Gasteiger partial charge < -0.3 is 15.8 Å². The van der Waals surface area contributed by atoms with Crippen molar-refractivity contribution in [3.8, 4) is 0 Å². The van der Waals surface area contributed by atoms with Crippen LogP contribution in [0.15, 0.2) is 12.1 Å². The van der Waals surface area contributed by atoms with E-state index in [0.29, 0.717) is 18.7 Å². The van der Waals surface area contributed by atoms with E-state index in [1.54, 1.807) is 0 Å². The lowest BCUT2D eigenvalue weighted by Crippen LogP contribution is -2.72. The quantitative estimate of drug-likeness (QED) is 0.866. The fourth-order valence-corrected chi connectivity index (χ4v) is 3.11. The standard InChI is InChI=1S/C14H15F3N2O2/c15-6-4-8(16)10(9(17)5-6)14(20)19-12-11(18)7-2-1-3-21-13(7)12/h4-5,7,11-13H,1-3,18H2,(H,19,20). The van der Waals surface area contributed by atoms with Gasteiger partial charge in [-0.25, -0.2) is 13.2 Å². The van der Waals surface area contributed by atoms with Crippen LogP contribution in [0.4, 0.5) is 13.2 Å². The summed E-state index contributed by atoms with van der Waals surface area (Å²) in [6, 6.07) is 0.162. The third-order valence-electron chi connectivity index (χ3n) is 4.21. The van der Waals surface area contributed by atoms with E-state index in [2.05, 4.69) is 5.32 Å². The number of ether oxygens (including phenoxy) is 1. The summed E-state index contributed by atoms with van der Waals surface area (Å²) in [7, 11) is 0. The molecule has 3 rings (SSSR count). The van der Waals surface area contributed by atoms with Gasteiger partial charge in [0.05, 0.1) is 12.1 Å².